The normalized spacial score (nSPS) is 12.2. The number of amides is 2. The van der Waals surface area contributed by atoms with Crippen molar-refractivity contribution < 1.29 is 19.1 Å². The molecule has 1 aromatic heterocycles. The third-order valence-electron chi connectivity index (χ3n) is 4.63. The highest BCUT2D eigenvalue weighted by molar-refractivity contribution is 6.29. The fourth-order valence-corrected chi connectivity index (χ4v) is 3.16. The molecular formula is C23H30ClN5O4. The van der Waals surface area contributed by atoms with Gasteiger partial charge in [0.15, 0.2) is 17.5 Å². The van der Waals surface area contributed by atoms with E-state index in [1.165, 1.54) is 14.2 Å². The molecule has 9 nitrogen and oxygen atoms in total. The molecule has 0 bridgehead atoms. The third-order valence-corrected chi connectivity index (χ3v) is 4.85. The van der Waals surface area contributed by atoms with Crippen LogP contribution in [0.15, 0.2) is 41.5 Å². The van der Waals surface area contributed by atoms with Crippen LogP contribution in [0.2, 0.25) is 5.15 Å². The van der Waals surface area contributed by atoms with Gasteiger partial charge in [-0.3, -0.25) is 14.9 Å². The van der Waals surface area contributed by atoms with Gasteiger partial charge in [0.2, 0.25) is 11.8 Å². The molecule has 1 atom stereocenters. The number of nitrogens with one attached hydrogen (secondary N) is 2. The van der Waals surface area contributed by atoms with Crippen molar-refractivity contribution in [1.29, 1.82) is 0 Å². The zero-order valence-electron chi connectivity index (χ0n) is 19.2. The summed E-state index contributed by atoms with van der Waals surface area (Å²) < 4.78 is 10.5. The Morgan fingerprint density at radius 2 is 1.82 bits per heavy atom. The lowest BCUT2D eigenvalue weighted by molar-refractivity contribution is -0.123. The number of benzene rings is 1. The van der Waals surface area contributed by atoms with Crippen LogP contribution in [-0.2, 0) is 22.6 Å². The van der Waals surface area contributed by atoms with Gasteiger partial charge in [-0.25, -0.2) is 9.98 Å². The van der Waals surface area contributed by atoms with Gasteiger partial charge in [-0.05, 0) is 41.7 Å². The number of hydrogen-bond acceptors (Lipinski definition) is 6. The standard InChI is InChI=1S/C23H30ClN5O4/c1-14(2)9-17(22(31)27-13-16-6-8-20(24)26-12-16)28-23(25)29-21(30)11-15-5-7-18(32-3)19(10-15)33-4/h5-8,10,12,14,17H,9,11,13H2,1-4H3,(H,27,31)(H3,25,28,29,30). The maximum Gasteiger partial charge on any atom is 0.245 e. The van der Waals surface area contributed by atoms with E-state index in [1.807, 2.05) is 13.8 Å². The molecule has 10 heteroatoms. The summed E-state index contributed by atoms with van der Waals surface area (Å²) in [4.78, 5) is 33.4. The van der Waals surface area contributed by atoms with Crippen LogP contribution in [0.5, 0.6) is 11.5 Å². The predicted molar refractivity (Wildman–Crippen MR) is 127 cm³/mol. The lowest BCUT2D eigenvalue weighted by Crippen LogP contribution is -2.41. The molecule has 0 saturated heterocycles. The average molecular weight is 476 g/mol. The van der Waals surface area contributed by atoms with E-state index in [0.29, 0.717) is 28.6 Å². The first-order valence-corrected chi connectivity index (χ1v) is 10.8. The Kier molecular flexibility index (Phi) is 9.93. The van der Waals surface area contributed by atoms with Gasteiger partial charge in [0, 0.05) is 12.7 Å². The van der Waals surface area contributed by atoms with E-state index in [0.717, 1.165) is 5.56 Å². The molecule has 2 rings (SSSR count). The number of nitrogens with two attached hydrogens (primary N) is 1. The minimum Gasteiger partial charge on any atom is -0.493 e. The van der Waals surface area contributed by atoms with Crippen molar-refractivity contribution in [3.05, 3.63) is 52.8 Å². The number of carbonyl (C=O) groups is 2. The Morgan fingerprint density at radius 1 is 1.12 bits per heavy atom. The summed E-state index contributed by atoms with van der Waals surface area (Å²) >= 11 is 5.78. The minimum atomic E-state index is -0.744. The number of halogens is 1. The Morgan fingerprint density at radius 3 is 2.42 bits per heavy atom. The first-order chi connectivity index (χ1) is 15.7. The van der Waals surface area contributed by atoms with E-state index in [-0.39, 0.29) is 36.7 Å². The molecule has 2 aromatic rings. The summed E-state index contributed by atoms with van der Waals surface area (Å²) in [5.41, 5.74) is 7.45. The number of methoxy groups -OCH3 is 2. The largest absolute Gasteiger partial charge is 0.493 e. The zero-order chi connectivity index (χ0) is 24.4. The highest BCUT2D eigenvalue weighted by Crippen LogP contribution is 2.27. The molecule has 0 aliphatic heterocycles. The van der Waals surface area contributed by atoms with Crippen LogP contribution in [0.3, 0.4) is 0 Å². The summed E-state index contributed by atoms with van der Waals surface area (Å²) in [6, 6.07) is 7.88. The minimum absolute atomic E-state index is 0.0567. The van der Waals surface area contributed by atoms with E-state index >= 15 is 0 Å². The van der Waals surface area contributed by atoms with Crippen LogP contribution in [-0.4, -0.2) is 43.0 Å². The van der Waals surface area contributed by atoms with Crippen molar-refractivity contribution in [3.8, 4) is 11.5 Å². The van der Waals surface area contributed by atoms with Gasteiger partial charge < -0.3 is 20.5 Å². The number of aromatic nitrogens is 1. The SMILES string of the molecule is COc1ccc(CC(=O)NC(N)=NC(CC(C)C)C(=O)NCc2ccc(Cl)nc2)cc1OC. The van der Waals surface area contributed by atoms with Crippen LogP contribution in [0, 0.1) is 5.92 Å². The molecule has 0 aliphatic rings. The van der Waals surface area contributed by atoms with E-state index in [9.17, 15) is 9.59 Å². The molecule has 1 heterocycles. The van der Waals surface area contributed by atoms with E-state index in [2.05, 4.69) is 20.6 Å². The number of pyridine rings is 1. The second-order valence-corrected chi connectivity index (χ2v) is 8.17. The number of rotatable bonds is 10. The summed E-state index contributed by atoms with van der Waals surface area (Å²) in [5, 5.41) is 5.75. The summed E-state index contributed by atoms with van der Waals surface area (Å²) in [7, 11) is 3.06. The highest BCUT2D eigenvalue weighted by atomic mass is 35.5. The Balaban J connectivity index is 2.00. The predicted octanol–water partition coefficient (Wildman–Crippen LogP) is 2.46. The fourth-order valence-electron chi connectivity index (χ4n) is 3.05. The van der Waals surface area contributed by atoms with Gasteiger partial charge in [-0.2, -0.15) is 0 Å². The first-order valence-electron chi connectivity index (χ1n) is 10.4. The second kappa shape index (κ2) is 12.6. The first kappa shape index (κ1) is 25.9. The molecule has 178 valence electrons. The topological polar surface area (TPSA) is 128 Å². The van der Waals surface area contributed by atoms with Gasteiger partial charge in [0.25, 0.3) is 0 Å². The highest BCUT2D eigenvalue weighted by Gasteiger charge is 2.20. The van der Waals surface area contributed by atoms with Crippen LogP contribution >= 0.6 is 11.6 Å². The molecular weight excluding hydrogens is 446 g/mol. The van der Waals surface area contributed by atoms with Crippen LogP contribution in [0.25, 0.3) is 0 Å². The van der Waals surface area contributed by atoms with Crippen LogP contribution in [0.4, 0.5) is 0 Å². The van der Waals surface area contributed by atoms with Gasteiger partial charge in [-0.15, -0.1) is 0 Å². The summed E-state index contributed by atoms with van der Waals surface area (Å²) in [5.74, 6) is 0.509. The van der Waals surface area contributed by atoms with Crippen molar-refractivity contribution in [2.75, 3.05) is 14.2 Å². The van der Waals surface area contributed by atoms with Gasteiger partial charge >= 0.3 is 0 Å². The number of aliphatic imine (C=N–C) groups is 1. The number of carbonyl (C=O) groups excluding carboxylic acids is 2. The summed E-state index contributed by atoms with van der Waals surface area (Å²) in [6.07, 6.45) is 2.12. The van der Waals surface area contributed by atoms with Gasteiger partial charge in [-0.1, -0.05) is 37.6 Å². The average Bonchev–Trinajstić information content (AvgIpc) is 2.77. The molecule has 1 unspecified atom stereocenters. The Bertz CT molecular complexity index is 979. The number of hydrogen-bond donors (Lipinski definition) is 3. The molecule has 0 fully saturated rings. The molecule has 0 spiro atoms. The van der Waals surface area contributed by atoms with Crippen LogP contribution in [0.1, 0.15) is 31.4 Å². The molecule has 2 amide bonds. The van der Waals surface area contributed by atoms with Crippen molar-refractivity contribution in [2.24, 2.45) is 16.6 Å². The number of ether oxygens (including phenoxy) is 2. The second-order valence-electron chi connectivity index (χ2n) is 7.78. The van der Waals surface area contributed by atoms with Gasteiger partial charge in [0.1, 0.15) is 11.2 Å². The maximum absolute atomic E-state index is 12.7. The molecule has 0 radical (unpaired) electrons. The van der Waals surface area contributed by atoms with Crippen molar-refractivity contribution in [2.45, 2.75) is 39.3 Å². The van der Waals surface area contributed by atoms with Crippen LogP contribution < -0.4 is 25.8 Å². The van der Waals surface area contributed by atoms with Crippen molar-refractivity contribution in [1.82, 2.24) is 15.6 Å². The van der Waals surface area contributed by atoms with E-state index in [4.69, 9.17) is 26.8 Å². The van der Waals surface area contributed by atoms with Crippen molar-refractivity contribution in [3.63, 3.8) is 0 Å². The molecule has 0 saturated carbocycles. The van der Waals surface area contributed by atoms with E-state index < -0.39 is 6.04 Å². The molecule has 0 aliphatic carbocycles. The zero-order valence-corrected chi connectivity index (χ0v) is 20.0. The Hall–Kier alpha value is -3.33. The number of nitrogens with zero attached hydrogens (tertiary/aromatic N) is 2. The molecule has 4 N–H and O–H groups in total. The lowest BCUT2D eigenvalue weighted by Gasteiger charge is -2.16. The van der Waals surface area contributed by atoms with Gasteiger partial charge in [0.05, 0.1) is 20.6 Å². The maximum atomic E-state index is 12.7. The smallest absolute Gasteiger partial charge is 0.245 e. The quantitative estimate of drug-likeness (QED) is 0.275. The van der Waals surface area contributed by atoms with E-state index in [1.54, 1.807) is 36.5 Å². The van der Waals surface area contributed by atoms with Crippen molar-refractivity contribution >= 4 is 29.4 Å². The monoisotopic (exact) mass is 475 g/mol. The lowest BCUT2D eigenvalue weighted by atomic mass is 10.0. The molecule has 33 heavy (non-hydrogen) atoms. The Labute approximate surface area is 198 Å². The number of guanidine groups is 1. The fraction of sp³-hybridized carbons (Fsp3) is 0.391. The summed E-state index contributed by atoms with van der Waals surface area (Å²) in [6.45, 7) is 4.23. The molecule has 1 aromatic carbocycles. The third kappa shape index (κ3) is 8.61.